The number of aryl methyl sites for hydroxylation is 1. The van der Waals surface area contributed by atoms with Crippen molar-refractivity contribution in [1.82, 2.24) is 0 Å². The Hall–Kier alpha value is -0.355. The summed E-state index contributed by atoms with van der Waals surface area (Å²) in [6.07, 6.45) is 1.04. The van der Waals surface area contributed by atoms with E-state index in [1.54, 1.807) is 11.3 Å². The molecule has 1 fully saturated rings. The van der Waals surface area contributed by atoms with E-state index in [9.17, 15) is 0 Å². The van der Waals surface area contributed by atoms with Crippen LogP contribution >= 0.6 is 11.3 Å². The first-order valence-corrected chi connectivity index (χ1v) is 7.28. The molecule has 0 saturated carbocycles. The Morgan fingerprint density at radius 1 is 1.22 bits per heavy atom. The van der Waals surface area contributed by atoms with Crippen LogP contribution < -0.4 is 5.73 Å². The van der Waals surface area contributed by atoms with Crippen molar-refractivity contribution in [2.45, 2.75) is 58.2 Å². The number of hydrogen-bond donors (Lipinski definition) is 1. The summed E-state index contributed by atoms with van der Waals surface area (Å²) < 4.78 is 12.0. The molecule has 0 unspecified atom stereocenters. The smallest absolute Gasteiger partial charge is 0.402 e. The van der Waals surface area contributed by atoms with Crippen molar-refractivity contribution < 1.29 is 9.31 Å². The monoisotopic (exact) mass is 267 g/mol. The van der Waals surface area contributed by atoms with Crippen molar-refractivity contribution in [1.29, 1.82) is 0 Å². The predicted octanol–water partition coefficient (Wildman–Crippen LogP) is 2.94. The lowest BCUT2D eigenvalue weighted by Crippen LogP contribution is -2.41. The number of nitrogens with two attached hydrogens (primary N) is 1. The molecular weight excluding hydrogens is 245 g/mol. The van der Waals surface area contributed by atoms with Crippen LogP contribution in [-0.2, 0) is 15.7 Å². The van der Waals surface area contributed by atoms with Crippen LogP contribution in [0.15, 0.2) is 12.1 Å². The van der Waals surface area contributed by atoms with E-state index < -0.39 is 0 Å². The molecular formula is C13H22BNO2S. The van der Waals surface area contributed by atoms with Gasteiger partial charge < -0.3 is 15.0 Å². The molecule has 0 radical (unpaired) electrons. The van der Waals surface area contributed by atoms with Crippen molar-refractivity contribution >= 4 is 18.5 Å². The van der Waals surface area contributed by atoms with Gasteiger partial charge in [0.25, 0.3) is 0 Å². The fraction of sp³-hybridized carbons (Fsp3) is 0.692. The van der Waals surface area contributed by atoms with E-state index in [-0.39, 0.29) is 24.3 Å². The van der Waals surface area contributed by atoms with Crippen LogP contribution in [0.1, 0.15) is 50.3 Å². The third-order valence-electron chi connectivity index (χ3n) is 3.92. The van der Waals surface area contributed by atoms with Gasteiger partial charge in [0.1, 0.15) is 0 Å². The number of thiophene rings is 1. The molecule has 0 bridgehead atoms. The molecule has 0 aromatic carbocycles. The first-order valence-electron chi connectivity index (χ1n) is 6.46. The molecule has 0 spiro atoms. The second kappa shape index (κ2) is 4.64. The molecule has 1 saturated heterocycles. The topological polar surface area (TPSA) is 44.5 Å². The van der Waals surface area contributed by atoms with Crippen molar-refractivity contribution in [2.75, 3.05) is 0 Å². The summed E-state index contributed by atoms with van der Waals surface area (Å²) in [6, 6.07) is 4.21. The summed E-state index contributed by atoms with van der Waals surface area (Å²) in [4.78, 5) is 2.47. The normalized spacial score (nSPS) is 23.3. The van der Waals surface area contributed by atoms with Gasteiger partial charge in [-0.2, -0.15) is 0 Å². The molecule has 2 N–H and O–H groups in total. The van der Waals surface area contributed by atoms with E-state index in [2.05, 4.69) is 19.1 Å². The summed E-state index contributed by atoms with van der Waals surface area (Å²) in [5, 5.41) is 0. The zero-order chi connectivity index (χ0) is 13.6. The zero-order valence-electron chi connectivity index (χ0n) is 11.8. The maximum Gasteiger partial charge on any atom is 0.481 e. The highest BCUT2D eigenvalue weighted by Gasteiger charge is 2.53. The van der Waals surface area contributed by atoms with Crippen molar-refractivity contribution in [3.8, 4) is 0 Å². The van der Waals surface area contributed by atoms with Gasteiger partial charge in [0, 0.05) is 9.75 Å². The van der Waals surface area contributed by atoms with E-state index in [1.807, 2.05) is 27.7 Å². The second-order valence-electron chi connectivity index (χ2n) is 5.81. The minimum absolute atomic E-state index is 0.212. The van der Waals surface area contributed by atoms with Crippen molar-refractivity contribution in [3.05, 3.63) is 21.9 Å². The van der Waals surface area contributed by atoms with Gasteiger partial charge >= 0.3 is 7.12 Å². The van der Waals surface area contributed by atoms with Crippen LogP contribution in [0.3, 0.4) is 0 Å². The molecule has 1 aliphatic heterocycles. The van der Waals surface area contributed by atoms with Crippen LogP contribution in [0.25, 0.3) is 0 Å². The van der Waals surface area contributed by atoms with E-state index in [0.717, 1.165) is 11.3 Å². The fourth-order valence-electron chi connectivity index (χ4n) is 1.93. The molecule has 1 aromatic rings. The van der Waals surface area contributed by atoms with E-state index in [4.69, 9.17) is 15.0 Å². The molecule has 5 heteroatoms. The van der Waals surface area contributed by atoms with Gasteiger partial charge in [-0.15, -0.1) is 11.3 Å². The zero-order valence-corrected chi connectivity index (χ0v) is 12.6. The Labute approximate surface area is 114 Å². The summed E-state index contributed by atoms with van der Waals surface area (Å²) in [5.74, 6) is -0.212. The van der Waals surface area contributed by atoms with Gasteiger partial charge in [-0.05, 0) is 46.2 Å². The minimum Gasteiger partial charge on any atom is -0.402 e. The Morgan fingerprint density at radius 2 is 1.78 bits per heavy atom. The van der Waals surface area contributed by atoms with E-state index in [1.165, 1.54) is 4.88 Å². The van der Waals surface area contributed by atoms with Gasteiger partial charge in [-0.3, -0.25) is 0 Å². The average Bonchev–Trinajstić information content (AvgIpc) is 2.81. The van der Waals surface area contributed by atoms with Crippen molar-refractivity contribution in [2.24, 2.45) is 5.73 Å². The standard InChI is InChI=1S/C13H22BNO2S/c1-6-9-7-8-10(18-9)11(15)14-16-12(2,3)13(4,5)17-14/h7-8,11H,6,15H2,1-5H3/t11-/m0/s1. The fourth-order valence-corrected chi connectivity index (χ4v) is 2.90. The Morgan fingerprint density at radius 3 is 2.22 bits per heavy atom. The third kappa shape index (κ3) is 2.37. The van der Waals surface area contributed by atoms with Crippen LogP contribution in [0.2, 0.25) is 0 Å². The molecule has 100 valence electrons. The van der Waals surface area contributed by atoms with Gasteiger partial charge in [-0.25, -0.2) is 0 Å². The summed E-state index contributed by atoms with van der Waals surface area (Å²) in [6.45, 7) is 10.3. The summed E-state index contributed by atoms with van der Waals surface area (Å²) in [5.41, 5.74) is 5.63. The first-order chi connectivity index (χ1) is 8.27. The predicted molar refractivity (Wildman–Crippen MR) is 76.7 cm³/mol. The summed E-state index contributed by atoms with van der Waals surface area (Å²) in [7, 11) is -0.363. The lowest BCUT2D eigenvalue weighted by atomic mass is 9.78. The maximum atomic E-state index is 6.27. The quantitative estimate of drug-likeness (QED) is 0.856. The highest BCUT2D eigenvalue weighted by Crippen LogP contribution is 2.40. The summed E-state index contributed by atoms with van der Waals surface area (Å²) >= 11 is 1.74. The Bertz CT molecular complexity index is 414. The molecule has 2 heterocycles. The van der Waals surface area contributed by atoms with Crippen LogP contribution in [0.5, 0.6) is 0 Å². The molecule has 1 aromatic heterocycles. The minimum atomic E-state index is -0.363. The number of hydrogen-bond acceptors (Lipinski definition) is 4. The van der Waals surface area contributed by atoms with Gasteiger partial charge in [0.2, 0.25) is 0 Å². The van der Waals surface area contributed by atoms with Crippen LogP contribution in [-0.4, -0.2) is 18.3 Å². The Kier molecular flexibility index (Phi) is 3.62. The molecule has 1 aliphatic rings. The van der Waals surface area contributed by atoms with Crippen LogP contribution in [0, 0.1) is 0 Å². The Balaban J connectivity index is 2.14. The molecule has 18 heavy (non-hydrogen) atoms. The van der Waals surface area contributed by atoms with Crippen molar-refractivity contribution in [3.63, 3.8) is 0 Å². The average molecular weight is 267 g/mol. The molecule has 0 amide bonds. The third-order valence-corrected chi connectivity index (χ3v) is 5.26. The SMILES string of the molecule is CCc1ccc([C@H](N)B2OC(C)(C)C(C)(C)O2)s1. The maximum absolute atomic E-state index is 6.27. The lowest BCUT2D eigenvalue weighted by molar-refractivity contribution is 0.00578. The number of rotatable bonds is 3. The van der Waals surface area contributed by atoms with Gasteiger partial charge in [0.05, 0.1) is 17.1 Å². The second-order valence-corrected chi connectivity index (χ2v) is 7.01. The lowest BCUT2D eigenvalue weighted by Gasteiger charge is -2.32. The highest BCUT2D eigenvalue weighted by atomic mass is 32.1. The largest absolute Gasteiger partial charge is 0.481 e. The molecule has 0 aliphatic carbocycles. The molecule has 2 rings (SSSR count). The van der Waals surface area contributed by atoms with E-state index in [0.29, 0.717) is 0 Å². The van der Waals surface area contributed by atoms with Gasteiger partial charge in [-0.1, -0.05) is 6.92 Å². The van der Waals surface area contributed by atoms with E-state index >= 15 is 0 Å². The van der Waals surface area contributed by atoms with Crippen LogP contribution in [0.4, 0.5) is 0 Å². The first kappa shape index (κ1) is 14.1. The van der Waals surface area contributed by atoms with Gasteiger partial charge in [0.15, 0.2) is 0 Å². The molecule has 3 nitrogen and oxygen atoms in total. The highest BCUT2D eigenvalue weighted by molar-refractivity contribution is 7.12. The molecule has 1 atom stereocenters.